The average Bonchev–Trinajstić information content (AvgIpc) is 2.47. The molecule has 3 nitrogen and oxygen atoms in total. The van der Waals surface area contributed by atoms with Crippen molar-refractivity contribution in [1.82, 2.24) is 5.32 Å². The van der Waals surface area contributed by atoms with Crippen LogP contribution in [0.1, 0.15) is 30.7 Å². The molecule has 0 fully saturated rings. The highest BCUT2D eigenvalue weighted by atomic mass is 16.5. The van der Waals surface area contributed by atoms with Gasteiger partial charge in [0.1, 0.15) is 0 Å². The zero-order valence-corrected chi connectivity index (χ0v) is 11.4. The molecule has 0 saturated carbocycles. The zero-order valence-electron chi connectivity index (χ0n) is 11.4. The summed E-state index contributed by atoms with van der Waals surface area (Å²) in [5, 5.41) is 3.29. The molecule has 102 valence electrons. The van der Waals surface area contributed by atoms with Gasteiger partial charge in [0, 0.05) is 13.0 Å². The van der Waals surface area contributed by atoms with Crippen LogP contribution in [0.25, 0.3) is 0 Å². The third-order valence-corrected chi connectivity index (χ3v) is 2.96. The summed E-state index contributed by atoms with van der Waals surface area (Å²) in [5.41, 5.74) is 0.977. The van der Waals surface area contributed by atoms with E-state index in [9.17, 15) is 4.79 Å². The number of hydrogen-bond acceptors (Lipinski definition) is 3. The Morgan fingerprint density at radius 3 is 2.74 bits per heavy atom. The van der Waals surface area contributed by atoms with Crippen LogP contribution in [0.5, 0.6) is 0 Å². The molecule has 1 N–H and O–H groups in total. The predicted octanol–water partition coefficient (Wildman–Crippen LogP) is 2.34. The van der Waals surface area contributed by atoms with Gasteiger partial charge in [-0.05, 0) is 24.9 Å². The summed E-state index contributed by atoms with van der Waals surface area (Å²) in [5.74, 6) is 2.16. The third-order valence-electron chi connectivity index (χ3n) is 2.96. The third kappa shape index (κ3) is 5.58. The van der Waals surface area contributed by atoms with Crippen molar-refractivity contribution < 1.29 is 9.53 Å². The van der Waals surface area contributed by atoms with E-state index in [1.807, 2.05) is 30.3 Å². The SMILES string of the molecule is C#CCCCCNCC(C(=O)OC)c1ccccc1. The summed E-state index contributed by atoms with van der Waals surface area (Å²) in [6, 6.07) is 9.69. The van der Waals surface area contributed by atoms with E-state index in [-0.39, 0.29) is 11.9 Å². The lowest BCUT2D eigenvalue weighted by molar-refractivity contribution is -0.142. The van der Waals surface area contributed by atoms with Gasteiger partial charge in [-0.2, -0.15) is 0 Å². The molecule has 1 unspecified atom stereocenters. The summed E-state index contributed by atoms with van der Waals surface area (Å²) in [7, 11) is 1.42. The molecule has 3 heteroatoms. The topological polar surface area (TPSA) is 38.3 Å². The molecule has 1 aromatic rings. The summed E-state index contributed by atoms with van der Waals surface area (Å²) in [6.07, 6.45) is 8.03. The number of nitrogens with one attached hydrogen (secondary N) is 1. The average molecular weight is 259 g/mol. The first-order valence-corrected chi connectivity index (χ1v) is 6.56. The highest BCUT2D eigenvalue weighted by Gasteiger charge is 2.20. The monoisotopic (exact) mass is 259 g/mol. The largest absolute Gasteiger partial charge is 0.469 e. The molecule has 1 atom stereocenters. The fourth-order valence-corrected chi connectivity index (χ4v) is 1.89. The van der Waals surface area contributed by atoms with Crippen molar-refractivity contribution in [2.24, 2.45) is 0 Å². The fraction of sp³-hybridized carbons (Fsp3) is 0.438. The maximum atomic E-state index is 11.8. The number of carbonyl (C=O) groups excluding carboxylic acids is 1. The highest BCUT2D eigenvalue weighted by molar-refractivity contribution is 5.78. The van der Waals surface area contributed by atoms with Gasteiger partial charge in [-0.1, -0.05) is 30.3 Å². The summed E-state index contributed by atoms with van der Waals surface area (Å²) < 4.78 is 4.86. The Morgan fingerprint density at radius 2 is 2.11 bits per heavy atom. The van der Waals surface area contributed by atoms with Crippen LogP contribution in [-0.4, -0.2) is 26.2 Å². The summed E-state index contributed by atoms with van der Waals surface area (Å²) in [4.78, 5) is 11.8. The minimum absolute atomic E-state index is 0.206. The van der Waals surface area contributed by atoms with Crippen molar-refractivity contribution in [3.63, 3.8) is 0 Å². The van der Waals surface area contributed by atoms with E-state index < -0.39 is 0 Å². The van der Waals surface area contributed by atoms with Crippen LogP contribution in [0, 0.1) is 12.3 Å². The van der Waals surface area contributed by atoms with E-state index in [0.717, 1.165) is 31.4 Å². The summed E-state index contributed by atoms with van der Waals surface area (Å²) >= 11 is 0. The molecule has 1 rings (SSSR count). The van der Waals surface area contributed by atoms with E-state index in [0.29, 0.717) is 6.54 Å². The van der Waals surface area contributed by atoms with Crippen molar-refractivity contribution in [3.05, 3.63) is 35.9 Å². The second kappa shape index (κ2) is 9.18. The van der Waals surface area contributed by atoms with Crippen LogP contribution < -0.4 is 5.32 Å². The first kappa shape index (κ1) is 15.3. The summed E-state index contributed by atoms with van der Waals surface area (Å²) in [6.45, 7) is 1.45. The second-order valence-electron chi connectivity index (χ2n) is 4.35. The van der Waals surface area contributed by atoms with Gasteiger partial charge in [0.15, 0.2) is 0 Å². The van der Waals surface area contributed by atoms with Crippen molar-refractivity contribution in [2.45, 2.75) is 25.2 Å². The molecular weight excluding hydrogens is 238 g/mol. The molecule has 1 aromatic carbocycles. The van der Waals surface area contributed by atoms with Crippen molar-refractivity contribution >= 4 is 5.97 Å². The normalized spacial score (nSPS) is 11.6. The van der Waals surface area contributed by atoms with Crippen LogP contribution in [0.3, 0.4) is 0 Å². The smallest absolute Gasteiger partial charge is 0.314 e. The van der Waals surface area contributed by atoms with Gasteiger partial charge in [-0.15, -0.1) is 12.3 Å². The number of hydrogen-bond donors (Lipinski definition) is 1. The Labute approximate surface area is 115 Å². The lowest BCUT2D eigenvalue weighted by atomic mass is 9.99. The van der Waals surface area contributed by atoms with Crippen molar-refractivity contribution in [2.75, 3.05) is 20.2 Å². The highest BCUT2D eigenvalue weighted by Crippen LogP contribution is 2.16. The molecule has 0 aromatic heterocycles. The van der Waals surface area contributed by atoms with Gasteiger partial charge in [0.05, 0.1) is 13.0 Å². The lowest BCUT2D eigenvalue weighted by Crippen LogP contribution is -2.28. The van der Waals surface area contributed by atoms with Gasteiger partial charge in [0.25, 0.3) is 0 Å². The number of carbonyl (C=O) groups is 1. The van der Waals surface area contributed by atoms with Crippen molar-refractivity contribution in [1.29, 1.82) is 0 Å². The molecule has 0 spiro atoms. The lowest BCUT2D eigenvalue weighted by Gasteiger charge is -2.15. The number of benzene rings is 1. The van der Waals surface area contributed by atoms with Crippen LogP contribution >= 0.6 is 0 Å². The predicted molar refractivity (Wildman–Crippen MR) is 76.8 cm³/mol. The van der Waals surface area contributed by atoms with Gasteiger partial charge in [0.2, 0.25) is 0 Å². The zero-order chi connectivity index (χ0) is 13.9. The molecule has 0 amide bonds. The van der Waals surface area contributed by atoms with E-state index in [1.54, 1.807) is 0 Å². The minimum Gasteiger partial charge on any atom is -0.469 e. The quantitative estimate of drug-likeness (QED) is 0.442. The van der Waals surface area contributed by atoms with Crippen LogP contribution in [0.15, 0.2) is 30.3 Å². The van der Waals surface area contributed by atoms with Crippen LogP contribution in [-0.2, 0) is 9.53 Å². The minimum atomic E-state index is -0.251. The Balaban J connectivity index is 2.44. The number of rotatable bonds is 8. The van der Waals surface area contributed by atoms with E-state index in [2.05, 4.69) is 11.2 Å². The van der Waals surface area contributed by atoms with Gasteiger partial charge in [-0.3, -0.25) is 4.79 Å². The van der Waals surface area contributed by atoms with Crippen molar-refractivity contribution in [3.8, 4) is 12.3 Å². The van der Waals surface area contributed by atoms with E-state index in [4.69, 9.17) is 11.2 Å². The molecular formula is C16H21NO2. The Morgan fingerprint density at radius 1 is 1.37 bits per heavy atom. The van der Waals surface area contributed by atoms with Gasteiger partial charge < -0.3 is 10.1 Å². The first-order valence-electron chi connectivity index (χ1n) is 6.56. The number of terminal acetylenes is 1. The maximum absolute atomic E-state index is 11.8. The molecule has 0 bridgehead atoms. The first-order chi connectivity index (χ1) is 9.29. The Kier molecular flexibility index (Phi) is 7.38. The molecule has 0 aliphatic heterocycles. The number of esters is 1. The van der Waals surface area contributed by atoms with E-state index in [1.165, 1.54) is 7.11 Å². The number of ether oxygens (including phenoxy) is 1. The maximum Gasteiger partial charge on any atom is 0.314 e. The van der Waals surface area contributed by atoms with Crippen LogP contribution in [0.2, 0.25) is 0 Å². The van der Waals surface area contributed by atoms with Gasteiger partial charge in [-0.25, -0.2) is 0 Å². The van der Waals surface area contributed by atoms with E-state index >= 15 is 0 Å². The fourth-order valence-electron chi connectivity index (χ4n) is 1.89. The molecule has 0 radical (unpaired) electrons. The molecule has 0 heterocycles. The molecule has 0 aliphatic carbocycles. The molecule has 0 aliphatic rings. The second-order valence-corrected chi connectivity index (χ2v) is 4.35. The number of unbranched alkanes of at least 4 members (excludes halogenated alkanes) is 2. The molecule has 19 heavy (non-hydrogen) atoms. The molecule has 0 saturated heterocycles. The standard InChI is InChI=1S/C16H21NO2/c1-3-4-5-9-12-17-13-15(16(18)19-2)14-10-7-6-8-11-14/h1,6-8,10-11,15,17H,4-5,9,12-13H2,2H3. The number of methoxy groups -OCH3 is 1. The van der Waals surface area contributed by atoms with Gasteiger partial charge >= 0.3 is 5.97 Å². The van der Waals surface area contributed by atoms with Crippen LogP contribution in [0.4, 0.5) is 0 Å². The Hall–Kier alpha value is -1.79. The Bertz CT molecular complexity index is 409.